The van der Waals surface area contributed by atoms with Crippen molar-refractivity contribution in [3.8, 4) is 0 Å². The molecule has 0 bridgehead atoms. The summed E-state index contributed by atoms with van der Waals surface area (Å²) in [6.07, 6.45) is 1.52. The standard InChI is InChI=1S/C24H37N4O6PS/c1-23(2,3)10-11-28-20(24(4,5)6)19(30)18(22(28)31)21-25-16-9-8-15(27-36(7,33)34)14-17(16)35(32,26-21)13-12-29/h8-9,14,20,27,29-30H,10-13H2,1-7H3,(H,25,26,32). The third-order valence-electron chi connectivity index (χ3n) is 6.06. The molecule has 1 aromatic rings. The van der Waals surface area contributed by atoms with Gasteiger partial charge in [0.2, 0.25) is 17.3 Å². The quantitative estimate of drug-likeness (QED) is 0.388. The summed E-state index contributed by atoms with van der Waals surface area (Å²) in [5, 5.41) is 24.2. The molecule has 2 atom stereocenters. The van der Waals surface area contributed by atoms with Crippen LogP contribution in [0.3, 0.4) is 0 Å². The molecule has 1 amide bonds. The van der Waals surface area contributed by atoms with Crippen LogP contribution in [0.4, 0.5) is 11.4 Å². The Morgan fingerprint density at radius 2 is 1.83 bits per heavy atom. The van der Waals surface area contributed by atoms with Gasteiger partial charge in [-0.15, -0.1) is 0 Å². The highest BCUT2D eigenvalue weighted by Gasteiger charge is 2.48. The fraction of sp³-hybridized carbons (Fsp3) is 0.583. The molecule has 0 aliphatic carbocycles. The van der Waals surface area contributed by atoms with E-state index in [1.54, 1.807) is 4.90 Å². The maximum absolute atomic E-state index is 14.0. The van der Waals surface area contributed by atoms with Crippen LogP contribution in [0.15, 0.2) is 34.3 Å². The first kappa shape index (κ1) is 28.2. The fourth-order valence-corrected chi connectivity index (χ4v) is 7.03. The molecule has 12 heteroatoms. The number of nitrogens with one attached hydrogen (secondary N) is 2. The molecule has 3 rings (SSSR count). The topological polar surface area (TPSA) is 148 Å². The molecule has 1 aromatic carbocycles. The third-order valence-corrected chi connectivity index (χ3v) is 9.12. The van der Waals surface area contributed by atoms with Crippen molar-refractivity contribution in [2.24, 2.45) is 15.6 Å². The Bertz CT molecular complexity index is 1270. The average molecular weight is 541 g/mol. The van der Waals surface area contributed by atoms with Gasteiger partial charge in [-0.1, -0.05) is 41.5 Å². The van der Waals surface area contributed by atoms with Gasteiger partial charge < -0.3 is 20.4 Å². The normalized spacial score (nSPS) is 22.9. The highest BCUT2D eigenvalue weighted by molar-refractivity contribution is 7.92. The number of fused-ring (bicyclic) bond motifs is 1. The summed E-state index contributed by atoms with van der Waals surface area (Å²) in [4.78, 5) is 15.3. The van der Waals surface area contributed by atoms with Gasteiger partial charge in [0.1, 0.15) is 17.2 Å². The van der Waals surface area contributed by atoms with E-state index in [0.717, 1.165) is 6.26 Å². The zero-order valence-electron chi connectivity index (χ0n) is 21.9. The molecular formula is C24H37N4O6PS. The zero-order valence-corrected chi connectivity index (χ0v) is 23.6. The van der Waals surface area contributed by atoms with Crippen LogP contribution in [-0.2, 0) is 19.4 Å². The average Bonchev–Trinajstić information content (AvgIpc) is 2.95. The van der Waals surface area contributed by atoms with Crippen LogP contribution in [-0.4, -0.2) is 66.9 Å². The van der Waals surface area contributed by atoms with E-state index in [-0.39, 0.29) is 39.7 Å². The molecule has 2 heterocycles. The molecular weight excluding hydrogens is 503 g/mol. The summed E-state index contributed by atoms with van der Waals surface area (Å²) >= 11 is 0. The van der Waals surface area contributed by atoms with Crippen molar-refractivity contribution in [1.29, 1.82) is 0 Å². The minimum absolute atomic E-state index is 0.0156. The molecule has 36 heavy (non-hydrogen) atoms. The van der Waals surface area contributed by atoms with Crippen LogP contribution in [0.5, 0.6) is 0 Å². The molecule has 0 fully saturated rings. The molecule has 2 aliphatic rings. The van der Waals surface area contributed by atoms with Gasteiger partial charge in [0, 0.05) is 18.4 Å². The first-order valence-corrected chi connectivity index (χ1v) is 15.5. The summed E-state index contributed by atoms with van der Waals surface area (Å²) in [6.45, 7) is 12.0. The molecule has 0 saturated carbocycles. The summed E-state index contributed by atoms with van der Waals surface area (Å²) in [7, 11) is -7.23. The van der Waals surface area contributed by atoms with Crippen LogP contribution >= 0.6 is 7.29 Å². The summed E-state index contributed by atoms with van der Waals surface area (Å²) in [6, 6.07) is 3.86. The Kier molecular flexibility index (Phi) is 7.45. The number of hydrogen-bond donors (Lipinski definition) is 4. The Hall–Kier alpha value is -2.36. The first-order chi connectivity index (χ1) is 16.4. The lowest BCUT2D eigenvalue weighted by Crippen LogP contribution is -2.45. The van der Waals surface area contributed by atoms with Crippen molar-refractivity contribution in [1.82, 2.24) is 4.90 Å². The molecule has 0 radical (unpaired) electrons. The lowest BCUT2D eigenvalue weighted by molar-refractivity contribution is -0.128. The molecule has 4 N–H and O–H groups in total. The van der Waals surface area contributed by atoms with Gasteiger partial charge in [0.15, 0.2) is 0 Å². The van der Waals surface area contributed by atoms with E-state index in [0.29, 0.717) is 18.7 Å². The summed E-state index contributed by atoms with van der Waals surface area (Å²) in [5.41, 5.74) is 0.0216. The summed E-state index contributed by atoms with van der Waals surface area (Å²) < 4.78 is 44.1. The van der Waals surface area contributed by atoms with Gasteiger partial charge in [-0.05, 0) is 35.4 Å². The van der Waals surface area contributed by atoms with Crippen molar-refractivity contribution >= 4 is 45.7 Å². The number of carbonyl (C=O) groups excluding carboxylic acids is 1. The number of carbonyl (C=O) groups is 1. The number of amides is 1. The molecule has 0 spiro atoms. The van der Waals surface area contributed by atoms with Crippen LogP contribution in [0.2, 0.25) is 0 Å². The van der Waals surface area contributed by atoms with E-state index in [2.05, 4.69) is 35.6 Å². The number of hydrogen-bond acceptors (Lipinski definition) is 7. The van der Waals surface area contributed by atoms with E-state index in [1.165, 1.54) is 18.2 Å². The fourth-order valence-electron chi connectivity index (χ4n) is 4.43. The third kappa shape index (κ3) is 5.95. The molecule has 2 unspecified atom stereocenters. The maximum atomic E-state index is 14.0. The monoisotopic (exact) mass is 540 g/mol. The highest BCUT2D eigenvalue weighted by atomic mass is 32.2. The van der Waals surface area contributed by atoms with E-state index in [9.17, 15) is 28.0 Å². The highest BCUT2D eigenvalue weighted by Crippen LogP contribution is 2.52. The second kappa shape index (κ2) is 9.50. The Morgan fingerprint density at radius 1 is 1.19 bits per heavy atom. The number of rotatable bonds is 7. The van der Waals surface area contributed by atoms with E-state index in [1.807, 2.05) is 20.8 Å². The Labute approximate surface area is 213 Å². The van der Waals surface area contributed by atoms with Crippen molar-refractivity contribution in [3.63, 3.8) is 0 Å². The van der Waals surface area contributed by atoms with E-state index < -0.39 is 41.3 Å². The van der Waals surface area contributed by atoms with E-state index in [4.69, 9.17) is 0 Å². The van der Waals surface area contributed by atoms with Crippen molar-refractivity contribution in [2.45, 2.75) is 54.0 Å². The largest absolute Gasteiger partial charge is 0.509 e. The minimum atomic E-state index is -3.65. The first-order valence-electron chi connectivity index (χ1n) is 11.8. The minimum Gasteiger partial charge on any atom is -0.509 e. The maximum Gasteiger partial charge on any atom is 0.261 e. The van der Waals surface area contributed by atoms with Crippen molar-refractivity contribution in [2.75, 3.05) is 35.6 Å². The van der Waals surface area contributed by atoms with Gasteiger partial charge >= 0.3 is 0 Å². The van der Waals surface area contributed by atoms with Gasteiger partial charge in [0.25, 0.3) is 5.91 Å². The second-order valence-corrected chi connectivity index (χ2v) is 15.9. The van der Waals surface area contributed by atoms with Gasteiger partial charge in [-0.3, -0.25) is 14.1 Å². The molecule has 0 saturated heterocycles. The van der Waals surface area contributed by atoms with Gasteiger partial charge in [-0.2, -0.15) is 0 Å². The van der Waals surface area contributed by atoms with Crippen LogP contribution in [0.25, 0.3) is 0 Å². The number of anilines is 2. The molecule has 0 aromatic heterocycles. The smallest absolute Gasteiger partial charge is 0.261 e. The van der Waals surface area contributed by atoms with Crippen LogP contribution in [0, 0.1) is 10.8 Å². The zero-order chi connectivity index (χ0) is 27.3. The molecule has 10 nitrogen and oxygen atoms in total. The van der Waals surface area contributed by atoms with Gasteiger partial charge in [0.05, 0.1) is 29.9 Å². The van der Waals surface area contributed by atoms with Crippen molar-refractivity contribution in [3.05, 3.63) is 29.5 Å². The number of aliphatic hydroxyl groups is 2. The van der Waals surface area contributed by atoms with Gasteiger partial charge in [-0.25, -0.2) is 13.2 Å². The van der Waals surface area contributed by atoms with Crippen molar-refractivity contribution < 1.29 is 28.0 Å². The SMILES string of the molecule is CC(C)(C)CCN1C(=O)C(C2=NP(=O)(CCO)c3cc(NS(C)(=O)=O)ccc3N2)=C(O)C1C(C)(C)C. The number of nitrogens with zero attached hydrogens (tertiary/aromatic N) is 2. The summed E-state index contributed by atoms with van der Waals surface area (Å²) in [5.74, 6) is -0.558. The molecule has 2 aliphatic heterocycles. The van der Waals surface area contributed by atoms with E-state index >= 15 is 0 Å². The predicted octanol–water partition coefficient (Wildman–Crippen LogP) is 3.28. The number of benzene rings is 1. The number of amidine groups is 1. The lowest BCUT2D eigenvalue weighted by atomic mass is 9.84. The Balaban J connectivity index is 2.10. The van der Waals surface area contributed by atoms with Crippen LogP contribution < -0.4 is 15.3 Å². The van der Waals surface area contributed by atoms with Crippen LogP contribution in [0.1, 0.15) is 48.0 Å². The number of sulfonamides is 1. The second-order valence-electron chi connectivity index (χ2n) is 11.7. The Morgan fingerprint density at radius 3 is 2.36 bits per heavy atom. The number of aliphatic hydroxyl groups excluding tert-OH is 2. The molecule has 200 valence electrons. The lowest BCUT2D eigenvalue weighted by Gasteiger charge is -2.36. The predicted molar refractivity (Wildman–Crippen MR) is 144 cm³/mol.